The minimum Gasteiger partial charge on any atom is -0.493 e. The van der Waals surface area contributed by atoms with E-state index in [0.29, 0.717) is 44.0 Å². The van der Waals surface area contributed by atoms with Gasteiger partial charge in [0.2, 0.25) is 5.91 Å². The van der Waals surface area contributed by atoms with Gasteiger partial charge in [0.15, 0.2) is 11.5 Å². The first kappa shape index (κ1) is 32.5. The zero-order chi connectivity index (χ0) is 31.6. The highest BCUT2D eigenvalue weighted by Gasteiger charge is 2.19. The summed E-state index contributed by atoms with van der Waals surface area (Å²) in [5.74, 6) is -0.381. The van der Waals surface area contributed by atoms with E-state index in [1.54, 1.807) is 91.9 Å². The summed E-state index contributed by atoms with van der Waals surface area (Å²) in [5, 5.41) is 8.65. The number of methoxy groups -OCH3 is 2. The molecule has 1 unspecified atom stereocenters. The lowest BCUT2D eigenvalue weighted by Crippen LogP contribution is -2.30. The zero-order valence-electron chi connectivity index (χ0n) is 24.0. The van der Waals surface area contributed by atoms with Gasteiger partial charge in [0.05, 0.1) is 29.5 Å². The quantitative estimate of drug-likeness (QED) is 0.114. The Morgan fingerprint density at radius 3 is 2.23 bits per heavy atom. The third-order valence-electron chi connectivity index (χ3n) is 6.22. The Morgan fingerprint density at radius 2 is 1.52 bits per heavy atom. The fourth-order valence-electron chi connectivity index (χ4n) is 4.04. The number of hydrogen-bond donors (Lipinski definition) is 3. The molecule has 226 valence electrons. The van der Waals surface area contributed by atoms with Crippen molar-refractivity contribution in [2.24, 2.45) is 0 Å². The van der Waals surface area contributed by atoms with Crippen LogP contribution in [0.4, 0.5) is 11.4 Å². The highest BCUT2D eigenvalue weighted by molar-refractivity contribution is 8.00. The van der Waals surface area contributed by atoms with E-state index in [0.717, 1.165) is 4.90 Å². The largest absolute Gasteiger partial charge is 0.493 e. The van der Waals surface area contributed by atoms with Gasteiger partial charge in [-0.3, -0.25) is 14.4 Å². The Hall–Kier alpha value is -4.44. The second-order valence-corrected chi connectivity index (χ2v) is 11.5. The SMILES string of the molecule is COc1cccc(/C=C(/NC(=O)c2ccccc2)C(=O)Nc2cccc(SC(C)C(=O)Nc3ccc(Cl)c(Cl)c3)c2)c1OC. The molecule has 4 aromatic rings. The number of para-hydroxylation sites is 1. The number of hydrogen-bond acceptors (Lipinski definition) is 6. The molecule has 0 radical (unpaired) electrons. The number of amides is 3. The van der Waals surface area contributed by atoms with Crippen LogP contribution < -0.4 is 25.4 Å². The maximum atomic E-state index is 13.6. The monoisotopic (exact) mass is 649 g/mol. The Kier molecular flexibility index (Phi) is 11.3. The maximum Gasteiger partial charge on any atom is 0.272 e. The lowest BCUT2D eigenvalue weighted by atomic mass is 10.1. The van der Waals surface area contributed by atoms with Gasteiger partial charge >= 0.3 is 0 Å². The highest BCUT2D eigenvalue weighted by atomic mass is 35.5. The summed E-state index contributed by atoms with van der Waals surface area (Å²) >= 11 is 13.3. The Bertz CT molecular complexity index is 1700. The molecule has 0 heterocycles. The van der Waals surface area contributed by atoms with Crippen molar-refractivity contribution in [2.75, 3.05) is 24.9 Å². The molecular formula is C33H29Cl2N3O5S. The third-order valence-corrected chi connectivity index (χ3v) is 8.06. The fourth-order valence-corrected chi connectivity index (χ4v) is 5.27. The van der Waals surface area contributed by atoms with Crippen LogP contribution in [0.2, 0.25) is 10.0 Å². The molecule has 3 N–H and O–H groups in total. The second kappa shape index (κ2) is 15.3. The van der Waals surface area contributed by atoms with Crippen molar-refractivity contribution in [3.8, 4) is 11.5 Å². The van der Waals surface area contributed by atoms with Crippen molar-refractivity contribution in [2.45, 2.75) is 17.1 Å². The normalized spacial score (nSPS) is 11.7. The molecule has 0 aliphatic rings. The van der Waals surface area contributed by atoms with E-state index in [1.807, 2.05) is 6.07 Å². The summed E-state index contributed by atoms with van der Waals surface area (Å²) in [4.78, 5) is 40.2. The summed E-state index contributed by atoms with van der Waals surface area (Å²) in [6.07, 6.45) is 1.52. The van der Waals surface area contributed by atoms with E-state index in [9.17, 15) is 14.4 Å². The molecule has 0 aliphatic carbocycles. The standard InChI is InChI=1S/C33H29Cl2N3O5S/c1-20(31(39)36-24-15-16-26(34)27(35)19-24)44-25-13-8-12-23(18-25)37-33(41)28(38-32(40)21-9-5-4-6-10-21)17-22-11-7-14-29(42-2)30(22)43-3/h4-20H,1-3H3,(H,36,39)(H,37,41)(H,38,40)/b28-17+. The van der Waals surface area contributed by atoms with E-state index in [2.05, 4.69) is 16.0 Å². The van der Waals surface area contributed by atoms with Crippen molar-refractivity contribution in [1.82, 2.24) is 5.32 Å². The van der Waals surface area contributed by atoms with E-state index < -0.39 is 17.1 Å². The van der Waals surface area contributed by atoms with E-state index in [4.69, 9.17) is 32.7 Å². The predicted octanol–water partition coefficient (Wildman–Crippen LogP) is 7.54. The first-order valence-corrected chi connectivity index (χ1v) is 14.9. The molecule has 0 aromatic heterocycles. The lowest BCUT2D eigenvalue weighted by Gasteiger charge is -2.15. The van der Waals surface area contributed by atoms with Crippen LogP contribution in [0, 0.1) is 0 Å². The zero-order valence-corrected chi connectivity index (χ0v) is 26.3. The molecule has 11 heteroatoms. The second-order valence-electron chi connectivity index (χ2n) is 9.32. The van der Waals surface area contributed by atoms with Gasteiger partial charge in [0, 0.05) is 27.4 Å². The van der Waals surface area contributed by atoms with Crippen LogP contribution in [0.1, 0.15) is 22.8 Å². The number of anilines is 2. The average molecular weight is 651 g/mol. The molecule has 0 saturated heterocycles. The third kappa shape index (κ3) is 8.57. The van der Waals surface area contributed by atoms with Gasteiger partial charge in [-0.1, -0.05) is 59.6 Å². The number of rotatable bonds is 11. The summed E-state index contributed by atoms with van der Waals surface area (Å²) in [6.45, 7) is 1.77. The molecule has 0 spiro atoms. The van der Waals surface area contributed by atoms with Crippen molar-refractivity contribution in [3.63, 3.8) is 0 Å². The topological polar surface area (TPSA) is 106 Å². The van der Waals surface area contributed by atoms with E-state index >= 15 is 0 Å². The van der Waals surface area contributed by atoms with Gasteiger partial charge in [-0.05, 0) is 67.6 Å². The molecular weight excluding hydrogens is 621 g/mol. The van der Waals surface area contributed by atoms with Gasteiger partial charge in [-0.25, -0.2) is 0 Å². The molecule has 0 fully saturated rings. The van der Waals surface area contributed by atoms with Gasteiger partial charge in [0.25, 0.3) is 11.8 Å². The van der Waals surface area contributed by atoms with Crippen molar-refractivity contribution in [3.05, 3.63) is 118 Å². The molecule has 44 heavy (non-hydrogen) atoms. The Labute approximate surface area is 269 Å². The van der Waals surface area contributed by atoms with Gasteiger partial charge < -0.3 is 25.4 Å². The van der Waals surface area contributed by atoms with Gasteiger partial charge in [-0.15, -0.1) is 11.8 Å². The Balaban J connectivity index is 1.53. The summed E-state index contributed by atoms with van der Waals surface area (Å²) in [6, 6.07) is 25.7. The molecule has 4 rings (SSSR count). The van der Waals surface area contributed by atoms with Crippen molar-refractivity contribution >= 4 is 70.1 Å². The molecule has 1 atom stereocenters. The number of thioether (sulfide) groups is 1. The first-order chi connectivity index (χ1) is 21.2. The molecule has 0 saturated carbocycles. The number of ether oxygens (including phenoxy) is 2. The van der Waals surface area contributed by atoms with Crippen LogP contribution >= 0.6 is 35.0 Å². The minimum atomic E-state index is -0.563. The molecule has 4 aromatic carbocycles. The number of nitrogens with one attached hydrogen (secondary N) is 3. The highest BCUT2D eigenvalue weighted by Crippen LogP contribution is 2.32. The fraction of sp³-hybridized carbons (Fsp3) is 0.121. The van der Waals surface area contributed by atoms with Crippen LogP contribution in [-0.4, -0.2) is 37.2 Å². The van der Waals surface area contributed by atoms with Crippen LogP contribution in [0.25, 0.3) is 6.08 Å². The number of carbonyl (C=O) groups excluding carboxylic acids is 3. The predicted molar refractivity (Wildman–Crippen MR) is 177 cm³/mol. The van der Waals surface area contributed by atoms with Crippen LogP contribution in [-0.2, 0) is 9.59 Å². The smallest absolute Gasteiger partial charge is 0.272 e. The Morgan fingerprint density at radius 1 is 0.795 bits per heavy atom. The molecule has 0 aliphatic heterocycles. The van der Waals surface area contributed by atoms with E-state index in [-0.39, 0.29) is 11.6 Å². The molecule has 0 bridgehead atoms. The summed E-state index contributed by atoms with van der Waals surface area (Å²) in [7, 11) is 3.01. The van der Waals surface area contributed by atoms with E-state index in [1.165, 1.54) is 32.1 Å². The van der Waals surface area contributed by atoms with Crippen LogP contribution in [0.3, 0.4) is 0 Å². The van der Waals surface area contributed by atoms with Crippen molar-refractivity contribution in [1.29, 1.82) is 0 Å². The maximum absolute atomic E-state index is 13.6. The van der Waals surface area contributed by atoms with Gasteiger partial charge in [0.1, 0.15) is 5.70 Å². The van der Waals surface area contributed by atoms with Gasteiger partial charge in [-0.2, -0.15) is 0 Å². The van der Waals surface area contributed by atoms with Crippen LogP contribution in [0.5, 0.6) is 11.5 Å². The number of benzene rings is 4. The summed E-state index contributed by atoms with van der Waals surface area (Å²) in [5.41, 5.74) is 1.89. The summed E-state index contributed by atoms with van der Waals surface area (Å²) < 4.78 is 10.9. The van der Waals surface area contributed by atoms with Crippen LogP contribution in [0.15, 0.2) is 102 Å². The van der Waals surface area contributed by atoms with Crippen molar-refractivity contribution < 1.29 is 23.9 Å². The average Bonchev–Trinajstić information content (AvgIpc) is 3.02. The molecule has 3 amide bonds. The number of carbonyl (C=O) groups is 3. The minimum absolute atomic E-state index is 0.0159. The first-order valence-electron chi connectivity index (χ1n) is 13.3. The lowest BCUT2D eigenvalue weighted by molar-refractivity contribution is -0.115. The number of halogens is 2. The molecule has 8 nitrogen and oxygen atoms in total.